The summed E-state index contributed by atoms with van der Waals surface area (Å²) in [7, 11) is -3.63. The van der Waals surface area contributed by atoms with Crippen molar-refractivity contribution in [3.05, 3.63) is 34.9 Å². The lowest BCUT2D eigenvalue weighted by atomic mass is 10.0. The number of ether oxygens (including phenoxy) is 2. The lowest BCUT2D eigenvalue weighted by Crippen LogP contribution is -2.57. The van der Waals surface area contributed by atoms with E-state index in [-0.39, 0.29) is 19.2 Å². The second-order valence-corrected chi connectivity index (χ2v) is 10.0. The van der Waals surface area contributed by atoms with E-state index in [1.54, 1.807) is 44.7 Å². The summed E-state index contributed by atoms with van der Waals surface area (Å²) in [5.74, 6) is 0. The molecule has 28 heavy (non-hydrogen) atoms. The fraction of sp³-hybridized carbons (Fsp3) is 0.632. The van der Waals surface area contributed by atoms with Crippen molar-refractivity contribution in [2.24, 2.45) is 0 Å². The molecule has 1 aliphatic heterocycles. The average Bonchev–Trinajstić information content (AvgIpc) is 2.54. The number of morpholine rings is 1. The highest BCUT2D eigenvalue weighted by Gasteiger charge is 2.38. The number of halogens is 1. The second kappa shape index (κ2) is 8.98. The minimum Gasteiger partial charge on any atom is -0.444 e. The zero-order valence-electron chi connectivity index (χ0n) is 16.8. The first kappa shape index (κ1) is 22.9. The summed E-state index contributed by atoms with van der Waals surface area (Å²) in [4.78, 5) is 14.4. The molecule has 1 aromatic carbocycles. The highest BCUT2D eigenvalue weighted by molar-refractivity contribution is 7.86. The number of nitrogens with zero attached hydrogens (tertiary/aromatic N) is 1. The zero-order chi connectivity index (χ0) is 21.1. The third kappa shape index (κ3) is 7.24. The van der Waals surface area contributed by atoms with E-state index >= 15 is 0 Å². The second-order valence-electron chi connectivity index (χ2n) is 7.99. The number of carbonyl (C=O) groups excluding carboxylic acids is 1. The fourth-order valence-electron chi connectivity index (χ4n) is 2.95. The maximum atomic E-state index is 12.8. The molecule has 0 saturated carbocycles. The van der Waals surface area contributed by atoms with Crippen molar-refractivity contribution in [2.75, 3.05) is 19.4 Å². The molecule has 158 valence electrons. The van der Waals surface area contributed by atoms with Crippen molar-refractivity contribution in [1.82, 2.24) is 4.90 Å². The van der Waals surface area contributed by atoms with E-state index in [2.05, 4.69) is 0 Å². The smallest absolute Gasteiger partial charge is 0.410 e. The molecular formula is C19H28ClNO6S. The number of benzene rings is 1. The van der Waals surface area contributed by atoms with Crippen LogP contribution in [-0.4, -0.2) is 62.7 Å². The van der Waals surface area contributed by atoms with Crippen LogP contribution in [0.5, 0.6) is 0 Å². The van der Waals surface area contributed by atoms with Crippen LogP contribution in [0, 0.1) is 0 Å². The van der Waals surface area contributed by atoms with Crippen LogP contribution in [-0.2, 0) is 30.2 Å². The van der Waals surface area contributed by atoms with Gasteiger partial charge in [0.1, 0.15) is 17.8 Å². The number of hydrogen-bond acceptors (Lipinski definition) is 6. The minimum atomic E-state index is -3.63. The highest BCUT2D eigenvalue weighted by atomic mass is 35.5. The molecule has 0 aliphatic carbocycles. The number of carbonyl (C=O) groups is 1. The Balaban J connectivity index is 2.17. The van der Waals surface area contributed by atoms with Gasteiger partial charge in [0.05, 0.1) is 25.4 Å². The van der Waals surface area contributed by atoms with Gasteiger partial charge in [-0.05, 0) is 51.8 Å². The van der Waals surface area contributed by atoms with Gasteiger partial charge >= 0.3 is 6.09 Å². The monoisotopic (exact) mass is 433 g/mol. The lowest BCUT2D eigenvalue weighted by molar-refractivity contribution is -0.0993. The summed E-state index contributed by atoms with van der Waals surface area (Å²) in [6.07, 6.45) is -0.224. The van der Waals surface area contributed by atoms with Crippen molar-refractivity contribution in [3.8, 4) is 0 Å². The van der Waals surface area contributed by atoms with E-state index in [1.807, 2.05) is 12.1 Å². The Labute approximate surface area is 172 Å². The molecule has 7 nitrogen and oxygen atoms in total. The predicted molar refractivity (Wildman–Crippen MR) is 107 cm³/mol. The number of rotatable bonds is 5. The van der Waals surface area contributed by atoms with Crippen molar-refractivity contribution in [2.45, 2.75) is 58.0 Å². The third-order valence-corrected chi connectivity index (χ3v) is 5.09. The SMILES string of the molecule is CC(OS(C)(=O)=O)[C@H]1CN(C(=O)OC(C)(C)C)[C@@H](Cc2ccc(Cl)cc2)CO1. The van der Waals surface area contributed by atoms with Crippen LogP contribution in [0.4, 0.5) is 4.79 Å². The van der Waals surface area contributed by atoms with E-state index in [4.69, 9.17) is 25.3 Å². The van der Waals surface area contributed by atoms with E-state index in [1.165, 1.54) is 0 Å². The molecule has 1 fully saturated rings. The molecular weight excluding hydrogens is 406 g/mol. The molecule has 3 atom stereocenters. The number of hydrogen-bond donors (Lipinski definition) is 0. The first-order chi connectivity index (χ1) is 12.8. The Kier molecular flexibility index (Phi) is 7.36. The minimum absolute atomic E-state index is 0.170. The summed E-state index contributed by atoms with van der Waals surface area (Å²) in [6.45, 7) is 7.41. The Hall–Kier alpha value is -1.35. The van der Waals surface area contributed by atoms with Gasteiger partial charge in [-0.1, -0.05) is 23.7 Å². The van der Waals surface area contributed by atoms with Gasteiger partial charge in [-0.3, -0.25) is 9.08 Å². The largest absolute Gasteiger partial charge is 0.444 e. The fourth-order valence-corrected chi connectivity index (χ4v) is 3.75. The van der Waals surface area contributed by atoms with E-state index in [0.717, 1.165) is 11.8 Å². The van der Waals surface area contributed by atoms with Gasteiger partial charge in [-0.25, -0.2) is 4.79 Å². The van der Waals surface area contributed by atoms with Crippen LogP contribution in [0.3, 0.4) is 0 Å². The van der Waals surface area contributed by atoms with Crippen LogP contribution in [0.1, 0.15) is 33.3 Å². The molecule has 0 N–H and O–H groups in total. The van der Waals surface area contributed by atoms with Crippen LogP contribution in [0.2, 0.25) is 5.02 Å². The maximum absolute atomic E-state index is 12.8. The highest BCUT2D eigenvalue weighted by Crippen LogP contribution is 2.23. The van der Waals surface area contributed by atoms with Gasteiger partial charge in [-0.15, -0.1) is 0 Å². The van der Waals surface area contributed by atoms with Crippen molar-refractivity contribution >= 4 is 27.8 Å². The standard InChI is InChI=1S/C19H28ClNO6S/c1-13(27-28(5,23)24)17-11-21(18(22)26-19(2,3)4)16(12-25-17)10-14-6-8-15(20)9-7-14/h6-9,13,16-17H,10-12H2,1-5H3/t13?,16-,17+/m0/s1. The molecule has 1 saturated heterocycles. The van der Waals surface area contributed by atoms with Gasteiger partial charge in [0.2, 0.25) is 0 Å². The maximum Gasteiger partial charge on any atom is 0.410 e. The Morgan fingerprint density at radius 1 is 1.32 bits per heavy atom. The Bertz CT molecular complexity index is 775. The first-order valence-corrected chi connectivity index (χ1v) is 11.3. The van der Waals surface area contributed by atoms with Gasteiger partial charge in [0, 0.05) is 5.02 Å². The molecule has 1 heterocycles. The summed E-state index contributed by atoms with van der Waals surface area (Å²) in [5, 5.41) is 0.638. The predicted octanol–water partition coefficient (Wildman–Crippen LogP) is 3.25. The van der Waals surface area contributed by atoms with E-state index in [9.17, 15) is 13.2 Å². The molecule has 0 radical (unpaired) electrons. The van der Waals surface area contributed by atoms with Crippen LogP contribution in [0.15, 0.2) is 24.3 Å². The molecule has 1 aliphatic rings. The average molecular weight is 434 g/mol. The molecule has 1 aromatic rings. The lowest BCUT2D eigenvalue weighted by Gasteiger charge is -2.41. The van der Waals surface area contributed by atoms with Gasteiger partial charge in [0.15, 0.2) is 0 Å². The number of amides is 1. The van der Waals surface area contributed by atoms with Gasteiger partial charge < -0.3 is 9.47 Å². The van der Waals surface area contributed by atoms with E-state index in [0.29, 0.717) is 11.4 Å². The molecule has 0 spiro atoms. The van der Waals surface area contributed by atoms with Gasteiger partial charge in [-0.2, -0.15) is 8.42 Å². The van der Waals surface area contributed by atoms with Crippen molar-refractivity contribution in [3.63, 3.8) is 0 Å². The summed E-state index contributed by atoms with van der Waals surface area (Å²) < 4.78 is 39.3. The Morgan fingerprint density at radius 2 is 1.93 bits per heavy atom. The third-order valence-electron chi connectivity index (χ3n) is 4.18. The summed E-state index contributed by atoms with van der Waals surface area (Å²) in [6, 6.07) is 7.14. The normalized spacial score (nSPS) is 22.0. The zero-order valence-corrected chi connectivity index (χ0v) is 18.4. The topological polar surface area (TPSA) is 82.1 Å². The molecule has 1 amide bonds. The van der Waals surface area contributed by atoms with Crippen molar-refractivity contribution < 1.29 is 26.9 Å². The molecule has 2 rings (SSSR count). The van der Waals surface area contributed by atoms with Crippen LogP contribution < -0.4 is 0 Å². The summed E-state index contributed by atoms with van der Waals surface area (Å²) >= 11 is 5.94. The molecule has 1 unspecified atom stereocenters. The van der Waals surface area contributed by atoms with Gasteiger partial charge in [0.25, 0.3) is 10.1 Å². The van der Waals surface area contributed by atoms with E-state index < -0.39 is 34.0 Å². The quantitative estimate of drug-likeness (QED) is 0.663. The van der Waals surface area contributed by atoms with Crippen LogP contribution >= 0.6 is 11.6 Å². The molecule has 9 heteroatoms. The summed E-state index contributed by atoms with van der Waals surface area (Å²) in [5.41, 5.74) is 0.357. The van der Waals surface area contributed by atoms with Crippen molar-refractivity contribution in [1.29, 1.82) is 0 Å². The molecule has 0 bridgehead atoms. The molecule has 0 aromatic heterocycles. The first-order valence-electron chi connectivity index (χ1n) is 9.08. The Morgan fingerprint density at radius 3 is 2.46 bits per heavy atom. The van der Waals surface area contributed by atoms with Crippen LogP contribution in [0.25, 0.3) is 0 Å².